The molecule has 24 heavy (non-hydrogen) atoms. The van der Waals surface area contributed by atoms with Crippen molar-refractivity contribution in [2.75, 3.05) is 20.2 Å². The van der Waals surface area contributed by atoms with Gasteiger partial charge < -0.3 is 9.64 Å². The molecule has 2 heterocycles. The Bertz CT molecular complexity index is 723. The number of benzene rings is 1. The highest BCUT2D eigenvalue weighted by Crippen LogP contribution is 2.50. The Morgan fingerprint density at radius 1 is 1.17 bits per heavy atom. The van der Waals surface area contributed by atoms with Crippen LogP contribution in [0.2, 0.25) is 0 Å². The van der Waals surface area contributed by atoms with Crippen LogP contribution in [0.3, 0.4) is 0 Å². The van der Waals surface area contributed by atoms with Gasteiger partial charge in [-0.3, -0.25) is 9.78 Å². The number of rotatable bonds is 4. The van der Waals surface area contributed by atoms with E-state index in [1.165, 1.54) is 5.56 Å². The van der Waals surface area contributed by atoms with Crippen molar-refractivity contribution < 1.29 is 9.53 Å². The highest BCUT2D eigenvalue weighted by Gasteiger charge is 2.53. The summed E-state index contributed by atoms with van der Waals surface area (Å²) in [5.41, 5.74) is 2.12. The zero-order valence-corrected chi connectivity index (χ0v) is 13.9. The molecule has 1 aromatic heterocycles. The largest absolute Gasteiger partial charge is 0.497 e. The van der Waals surface area contributed by atoms with Gasteiger partial charge in [0.25, 0.3) is 0 Å². The van der Waals surface area contributed by atoms with Crippen LogP contribution in [0.25, 0.3) is 0 Å². The van der Waals surface area contributed by atoms with E-state index in [9.17, 15) is 4.79 Å². The van der Waals surface area contributed by atoms with E-state index in [0.29, 0.717) is 11.8 Å². The van der Waals surface area contributed by atoms with Crippen LogP contribution in [-0.2, 0) is 10.2 Å². The van der Waals surface area contributed by atoms with Gasteiger partial charge in [-0.15, -0.1) is 0 Å². The van der Waals surface area contributed by atoms with Crippen molar-refractivity contribution in [1.29, 1.82) is 0 Å². The SMILES string of the molecule is COc1ccc(C2(C(=O)N3CCC(c4ccncc4)C3)CC2)cc1. The molecule has 0 bridgehead atoms. The van der Waals surface area contributed by atoms with Gasteiger partial charge in [0.1, 0.15) is 5.75 Å². The van der Waals surface area contributed by atoms with E-state index < -0.39 is 0 Å². The summed E-state index contributed by atoms with van der Waals surface area (Å²) in [6, 6.07) is 12.1. The Kier molecular flexibility index (Phi) is 3.75. The molecule has 0 spiro atoms. The van der Waals surface area contributed by atoms with Crippen LogP contribution >= 0.6 is 0 Å². The third-order valence-corrected chi connectivity index (χ3v) is 5.45. The second-order valence-electron chi connectivity index (χ2n) is 6.83. The van der Waals surface area contributed by atoms with Crippen molar-refractivity contribution in [3.63, 3.8) is 0 Å². The fourth-order valence-electron chi connectivity index (χ4n) is 3.82. The molecule has 1 aliphatic carbocycles. The number of pyridine rings is 1. The Morgan fingerprint density at radius 2 is 1.88 bits per heavy atom. The Hall–Kier alpha value is -2.36. The van der Waals surface area contributed by atoms with Crippen LogP contribution in [-0.4, -0.2) is 36.0 Å². The molecule has 0 N–H and O–H groups in total. The normalized spacial score (nSPS) is 21.5. The van der Waals surface area contributed by atoms with E-state index in [1.807, 2.05) is 36.7 Å². The molecular formula is C20H22N2O2. The number of carbonyl (C=O) groups excluding carboxylic acids is 1. The maximum absolute atomic E-state index is 13.1. The monoisotopic (exact) mass is 322 g/mol. The van der Waals surface area contributed by atoms with Crippen molar-refractivity contribution >= 4 is 5.91 Å². The van der Waals surface area contributed by atoms with E-state index in [1.54, 1.807) is 7.11 Å². The minimum atomic E-state index is -0.292. The lowest BCUT2D eigenvalue weighted by Gasteiger charge is -2.24. The molecule has 4 nitrogen and oxygen atoms in total. The highest BCUT2D eigenvalue weighted by atomic mass is 16.5. The van der Waals surface area contributed by atoms with E-state index in [-0.39, 0.29) is 5.41 Å². The summed E-state index contributed by atoms with van der Waals surface area (Å²) >= 11 is 0. The van der Waals surface area contributed by atoms with Crippen LogP contribution < -0.4 is 4.74 Å². The molecule has 1 aliphatic heterocycles. The molecule has 1 saturated heterocycles. The molecular weight excluding hydrogens is 300 g/mol. The van der Waals surface area contributed by atoms with Crippen LogP contribution in [0.5, 0.6) is 5.75 Å². The summed E-state index contributed by atoms with van der Waals surface area (Å²) in [4.78, 5) is 19.3. The topological polar surface area (TPSA) is 42.4 Å². The number of amides is 1. The molecule has 124 valence electrons. The average molecular weight is 322 g/mol. The first-order chi connectivity index (χ1) is 11.7. The predicted octanol–water partition coefficient (Wildman–Crippen LogP) is 3.14. The van der Waals surface area contributed by atoms with Crippen LogP contribution in [0, 0.1) is 0 Å². The number of hydrogen-bond donors (Lipinski definition) is 0. The van der Waals surface area contributed by atoms with Crippen molar-refractivity contribution in [2.24, 2.45) is 0 Å². The van der Waals surface area contributed by atoms with Crippen LogP contribution in [0.1, 0.15) is 36.3 Å². The Morgan fingerprint density at radius 3 is 2.50 bits per heavy atom. The number of aromatic nitrogens is 1. The molecule has 4 rings (SSSR count). The van der Waals surface area contributed by atoms with Gasteiger partial charge in [-0.1, -0.05) is 12.1 Å². The molecule has 1 amide bonds. The van der Waals surface area contributed by atoms with Gasteiger partial charge in [0.15, 0.2) is 0 Å². The molecule has 1 atom stereocenters. The van der Waals surface area contributed by atoms with Gasteiger partial charge in [0.05, 0.1) is 12.5 Å². The summed E-state index contributed by atoms with van der Waals surface area (Å²) in [6.07, 6.45) is 6.61. The first-order valence-corrected chi connectivity index (χ1v) is 8.57. The van der Waals surface area contributed by atoms with Gasteiger partial charge in [0.2, 0.25) is 5.91 Å². The molecule has 1 saturated carbocycles. The third-order valence-electron chi connectivity index (χ3n) is 5.45. The standard InChI is InChI=1S/C20H22N2O2/c1-24-18-4-2-17(3-5-18)20(9-10-20)19(23)22-13-8-16(14-22)15-6-11-21-12-7-15/h2-7,11-12,16H,8-10,13-14H2,1H3. The predicted molar refractivity (Wildman–Crippen MR) is 92.1 cm³/mol. The fraction of sp³-hybridized carbons (Fsp3) is 0.400. The quantitative estimate of drug-likeness (QED) is 0.868. The van der Waals surface area contributed by atoms with Gasteiger partial charge >= 0.3 is 0 Å². The lowest BCUT2D eigenvalue weighted by molar-refractivity contribution is -0.132. The maximum Gasteiger partial charge on any atom is 0.233 e. The number of hydrogen-bond acceptors (Lipinski definition) is 3. The summed E-state index contributed by atoms with van der Waals surface area (Å²) in [5.74, 6) is 1.56. The van der Waals surface area contributed by atoms with E-state index in [0.717, 1.165) is 43.7 Å². The highest BCUT2D eigenvalue weighted by molar-refractivity contribution is 5.91. The second-order valence-corrected chi connectivity index (χ2v) is 6.83. The minimum Gasteiger partial charge on any atom is -0.497 e. The van der Waals surface area contributed by atoms with Gasteiger partial charge in [0, 0.05) is 31.4 Å². The summed E-state index contributed by atoms with van der Waals surface area (Å²) in [6.45, 7) is 1.67. The number of carbonyl (C=O) groups is 1. The van der Waals surface area contributed by atoms with Crippen molar-refractivity contribution in [3.05, 3.63) is 59.9 Å². The smallest absolute Gasteiger partial charge is 0.233 e. The molecule has 0 radical (unpaired) electrons. The van der Waals surface area contributed by atoms with Gasteiger partial charge in [-0.2, -0.15) is 0 Å². The van der Waals surface area contributed by atoms with Gasteiger partial charge in [-0.25, -0.2) is 0 Å². The number of likely N-dealkylation sites (tertiary alicyclic amines) is 1. The zero-order valence-electron chi connectivity index (χ0n) is 13.9. The van der Waals surface area contributed by atoms with Crippen molar-refractivity contribution in [3.8, 4) is 5.75 Å². The van der Waals surface area contributed by atoms with E-state index in [2.05, 4.69) is 22.0 Å². The Balaban J connectivity index is 1.49. The fourth-order valence-corrected chi connectivity index (χ4v) is 3.82. The summed E-state index contributed by atoms with van der Waals surface area (Å²) in [7, 11) is 1.66. The third kappa shape index (κ3) is 2.56. The van der Waals surface area contributed by atoms with Gasteiger partial charge in [-0.05, 0) is 54.7 Å². The zero-order chi connectivity index (χ0) is 16.6. The Labute approximate surface area is 142 Å². The molecule has 1 unspecified atom stereocenters. The first-order valence-electron chi connectivity index (χ1n) is 8.57. The second kappa shape index (κ2) is 5.93. The van der Waals surface area contributed by atoms with E-state index in [4.69, 9.17) is 4.74 Å². The molecule has 2 aromatic rings. The lowest BCUT2D eigenvalue weighted by atomic mass is 9.94. The lowest BCUT2D eigenvalue weighted by Crippen LogP contribution is -2.37. The van der Waals surface area contributed by atoms with E-state index >= 15 is 0 Å². The maximum atomic E-state index is 13.1. The summed E-state index contributed by atoms with van der Waals surface area (Å²) in [5, 5.41) is 0. The molecule has 1 aromatic carbocycles. The number of methoxy groups -OCH3 is 1. The first kappa shape index (κ1) is 15.2. The number of ether oxygens (including phenoxy) is 1. The molecule has 4 heteroatoms. The molecule has 2 fully saturated rings. The molecule has 2 aliphatic rings. The average Bonchev–Trinajstić information content (AvgIpc) is 3.31. The minimum absolute atomic E-state index is 0.292. The van der Waals surface area contributed by atoms with Crippen LogP contribution in [0.4, 0.5) is 0 Å². The summed E-state index contributed by atoms with van der Waals surface area (Å²) < 4.78 is 5.23. The van der Waals surface area contributed by atoms with Crippen molar-refractivity contribution in [2.45, 2.75) is 30.6 Å². The number of nitrogens with zero attached hydrogens (tertiary/aromatic N) is 2. The van der Waals surface area contributed by atoms with Crippen molar-refractivity contribution in [1.82, 2.24) is 9.88 Å². The van der Waals surface area contributed by atoms with Crippen LogP contribution in [0.15, 0.2) is 48.8 Å².